The third kappa shape index (κ3) is 1.84. The van der Waals surface area contributed by atoms with Crippen LogP contribution < -0.4 is 5.32 Å². The molecule has 1 aromatic carbocycles. The number of anilines is 1. The van der Waals surface area contributed by atoms with Crippen LogP contribution in [-0.2, 0) is 0 Å². The highest BCUT2D eigenvalue weighted by Crippen LogP contribution is 2.15. The molecule has 18 heavy (non-hydrogen) atoms. The number of benzene rings is 1. The molecule has 0 aliphatic carbocycles. The van der Waals surface area contributed by atoms with Crippen molar-refractivity contribution in [3.63, 3.8) is 0 Å². The Bertz CT molecular complexity index is 681. The average molecular weight is 242 g/mol. The van der Waals surface area contributed by atoms with Gasteiger partial charge in [-0.05, 0) is 12.1 Å². The van der Waals surface area contributed by atoms with Gasteiger partial charge in [-0.25, -0.2) is 0 Å². The lowest BCUT2D eigenvalue weighted by molar-refractivity contribution is 0.102. The van der Waals surface area contributed by atoms with Gasteiger partial charge in [-0.1, -0.05) is 23.3 Å². The van der Waals surface area contributed by atoms with Gasteiger partial charge in [0.1, 0.15) is 5.69 Å². The zero-order chi connectivity index (χ0) is 12.5. The van der Waals surface area contributed by atoms with Gasteiger partial charge in [-0.3, -0.25) is 10.1 Å². The van der Waals surface area contributed by atoms with E-state index >= 15 is 0 Å². The Morgan fingerprint density at radius 1 is 1.33 bits per heavy atom. The summed E-state index contributed by atoms with van der Waals surface area (Å²) in [5.74, 6) is 0.0943. The molecule has 1 amide bonds. The van der Waals surface area contributed by atoms with Crippen molar-refractivity contribution in [1.82, 2.24) is 15.2 Å². The fraction of sp³-hybridized carbons (Fsp3) is 0.0833. The number of rotatable bonds is 2. The van der Waals surface area contributed by atoms with Crippen LogP contribution in [0.15, 0.2) is 34.7 Å². The van der Waals surface area contributed by atoms with Crippen LogP contribution in [0.3, 0.4) is 0 Å². The van der Waals surface area contributed by atoms with Gasteiger partial charge in [0.2, 0.25) is 5.89 Å². The molecule has 3 rings (SSSR count). The number of carbonyl (C=O) groups is 1. The van der Waals surface area contributed by atoms with Crippen LogP contribution >= 0.6 is 0 Å². The molecule has 2 heterocycles. The van der Waals surface area contributed by atoms with Crippen LogP contribution in [-0.4, -0.2) is 21.1 Å². The van der Waals surface area contributed by atoms with Gasteiger partial charge in [0.05, 0.1) is 0 Å². The third-order valence-electron chi connectivity index (χ3n) is 2.52. The predicted molar refractivity (Wildman–Crippen MR) is 65.3 cm³/mol. The van der Waals surface area contributed by atoms with Crippen LogP contribution in [0.4, 0.5) is 6.01 Å². The van der Waals surface area contributed by atoms with Crippen molar-refractivity contribution in [2.75, 3.05) is 5.32 Å². The molecule has 0 atom stereocenters. The number of nitrogens with one attached hydrogen (secondary N) is 2. The van der Waals surface area contributed by atoms with Crippen molar-refractivity contribution < 1.29 is 9.21 Å². The van der Waals surface area contributed by atoms with E-state index in [0.717, 1.165) is 10.9 Å². The van der Waals surface area contributed by atoms with E-state index in [1.165, 1.54) is 0 Å². The summed E-state index contributed by atoms with van der Waals surface area (Å²) in [5, 5.41) is 10.8. The number of H-pyrrole nitrogens is 1. The average Bonchev–Trinajstić information content (AvgIpc) is 2.95. The van der Waals surface area contributed by atoms with Gasteiger partial charge in [-0.2, -0.15) is 0 Å². The molecule has 0 bridgehead atoms. The van der Waals surface area contributed by atoms with Crippen molar-refractivity contribution in [1.29, 1.82) is 0 Å². The van der Waals surface area contributed by atoms with Crippen molar-refractivity contribution in [2.45, 2.75) is 6.92 Å². The van der Waals surface area contributed by atoms with Crippen LogP contribution in [0.1, 0.15) is 16.4 Å². The minimum Gasteiger partial charge on any atom is -0.408 e. The summed E-state index contributed by atoms with van der Waals surface area (Å²) < 4.78 is 5.08. The number of para-hydroxylation sites is 1. The van der Waals surface area contributed by atoms with Crippen LogP contribution in [0.5, 0.6) is 0 Å². The second-order valence-corrected chi connectivity index (χ2v) is 3.85. The first-order chi connectivity index (χ1) is 8.72. The van der Waals surface area contributed by atoms with E-state index in [4.69, 9.17) is 4.42 Å². The zero-order valence-electron chi connectivity index (χ0n) is 9.60. The number of amides is 1. The van der Waals surface area contributed by atoms with Gasteiger partial charge in [-0.15, -0.1) is 5.10 Å². The third-order valence-corrected chi connectivity index (χ3v) is 2.52. The minimum absolute atomic E-state index is 0.0937. The van der Waals surface area contributed by atoms with Crippen LogP contribution in [0, 0.1) is 6.92 Å². The lowest BCUT2D eigenvalue weighted by Crippen LogP contribution is -2.12. The monoisotopic (exact) mass is 242 g/mol. The highest BCUT2D eigenvalue weighted by Gasteiger charge is 2.12. The molecule has 0 saturated heterocycles. The maximum absolute atomic E-state index is 11.9. The maximum Gasteiger partial charge on any atom is 0.322 e. The molecule has 0 aliphatic heterocycles. The highest BCUT2D eigenvalue weighted by molar-refractivity contribution is 6.04. The summed E-state index contributed by atoms with van der Waals surface area (Å²) in [5.41, 5.74) is 1.36. The van der Waals surface area contributed by atoms with Gasteiger partial charge in [0.25, 0.3) is 5.91 Å². The Kier molecular flexibility index (Phi) is 2.33. The van der Waals surface area contributed by atoms with Gasteiger partial charge >= 0.3 is 6.01 Å². The lowest BCUT2D eigenvalue weighted by Gasteiger charge is -1.96. The first-order valence-corrected chi connectivity index (χ1v) is 5.41. The van der Waals surface area contributed by atoms with Crippen molar-refractivity contribution in [3.8, 4) is 0 Å². The van der Waals surface area contributed by atoms with E-state index < -0.39 is 0 Å². The first kappa shape index (κ1) is 10.5. The number of hydrogen-bond donors (Lipinski definition) is 2. The summed E-state index contributed by atoms with van der Waals surface area (Å²) in [4.78, 5) is 14.9. The van der Waals surface area contributed by atoms with E-state index in [2.05, 4.69) is 20.5 Å². The molecule has 6 nitrogen and oxygen atoms in total. The van der Waals surface area contributed by atoms with Crippen molar-refractivity contribution in [3.05, 3.63) is 41.9 Å². The summed E-state index contributed by atoms with van der Waals surface area (Å²) in [7, 11) is 0. The molecule has 0 spiro atoms. The molecule has 90 valence electrons. The van der Waals surface area contributed by atoms with Crippen molar-refractivity contribution >= 4 is 22.8 Å². The molecule has 0 unspecified atom stereocenters. The molecule has 6 heteroatoms. The second-order valence-electron chi connectivity index (χ2n) is 3.85. The molecule has 3 aromatic rings. The standard InChI is InChI=1S/C12H10N4O2/c1-7-15-16-12(18-7)14-11(17)10-6-8-4-2-3-5-9(8)13-10/h2-6,13H,1H3,(H,14,16,17). The number of aromatic amines is 1. The Morgan fingerprint density at radius 2 is 2.17 bits per heavy atom. The molecule has 2 aromatic heterocycles. The van der Waals surface area contributed by atoms with E-state index in [0.29, 0.717) is 11.6 Å². The first-order valence-electron chi connectivity index (χ1n) is 5.41. The smallest absolute Gasteiger partial charge is 0.322 e. The molecule has 0 radical (unpaired) electrons. The van der Waals surface area contributed by atoms with E-state index in [-0.39, 0.29) is 11.9 Å². The normalized spacial score (nSPS) is 10.7. The SMILES string of the molecule is Cc1nnc(NC(=O)c2cc3ccccc3[nH]2)o1. The molecule has 0 fully saturated rings. The summed E-state index contributed by atoms with van der Waals surface area (Å²) in [6.07, 6.45) is 0. The lowest BCUT2D eigenvalue weighted by atomic mass is 10.2. The van der Waals surface area contributed by atoms with Gasteiger partial charge in [0, 0.05) is 17.8 Å². The topological polar surface area (TPSA) is 83.8 Å². The van der Waals surface area contributed by atoms with Crippen molar-refractivity contribution in [2.24, 2.45) is 0 Å². The summed E-state index contributed by atoms with van der Waals surface area (Å²) in [6, 6.07) is 9.52. The minimum atomic E-state index is -0.310. The quantitative estimate of drug-likeness (QED) is 0.720. The summed E-state index contributed by atoms with van der Waals surface area (Å²) in [6.45, 7) is 1.66. The largest absolute Gasteiger partial charge is 0.408 e. The second kappa shape index (κ2) is 3.99. The maximum atomic E-state index is 11.9. The molecular weight excluding hydrogens is 232 g/mol. The number of fused-ring (bicyclic) bond motifs is 1. The van der Waals surface area contributed by atoms with E-state index in [1.807, 2.05) is 24.3 Å². The highest BCUT2D eigenvalue weighted by atomic mass is 16.4. The molecular formula is C12H10N4O2. The van der Waals surface area contributed by atoms with Gasteiger partial charge < -0.3 is 9.40 Å². The van der Waals surface area contributed by atoms with E-state index in [9.17, 15) is 4.79 Å². The fourth-order valence-electron chi connectivity index (χ4n) is 1.71. The summed E-state index contributed by atoms with van der Waals surface area (Å²) >= 11 is 0. The Hall–Kier alpha value is -2.63. The van der Waals surface area contributed by atoms with Crippen LogP contribution in [0.25, 0.3) is 10.9 Å². The van der Waals surface area contributed by atoms with Gasteiger partial charge in [0.15, 0.2) is 0 Å². The number of hydrogen-bond acceptors (Lipinski definition) is 4. The zero-order valence-corrected chi connectivity index (χ0v) is 9.60. The Labute approximate surface area is 102 Å². The number of aryl methyl sites for hydroxylation is 1. The number of aromatic nitrogens is 3. The fourth-order valence-corrected chi connectivity index (χ4v) is 1.71. The van der Waals surface area contributed by atoms with Crippen LogP contribution in [0.2, 0.25) is 0 Å². The Morgan fingerprint density at radius 3 is 2.89 bits per heavy atom. The predicted octanol–water partition coefficient (Wildman–Crippen LogP) is 2.11. The van der Waals surface area contributed by atoms with E-state index in [1.54, 1.807) is 13.0 Å². The molecule has 0 saturated carbocycles. The molecule has 0 aliphatic rings. The number of nitrogens with zero attached hydrogens (tertiary/aromatic N) is 2. The Balaban J connectivity index is 1.87. The number of carbonyl (C=O) groups excluding carboxylic acids is 1. The molecule has 2 N–H and O–H groups in total.